The fraction of sp³-hybridized carbons (Fsp3) is 0.235. The number of amides is 1. The van der Waals surface area contributed by atoms with Crippen LogP contribution in [0.4, 0.5) is 5.69 Å². The normalized spacial score (nSPS) is 11.5. The lowest BCUT2D eigenvalue weighted by Crippen LogP contribution is -2.30. The van der Waals surface area contributed by atoms with E-state index < -0.39 is 6.10 Å². The van der Waals surface area contributed by atoms with E-state index in [2.05, 4.69) is 21.2 Å². The van der Waals surface area contributed by atoms with Gasteiger partial charge >= 0.3 is 0 Å². The van der Waals surface area contributed by atoms with E-state index in [-0.39, 0.29) is 5.91 Å². The van der Waals surface area contributed by atoms with Crippen LogP contribution >= 0.6 is 15.9 Å². The van der Waals surface area contributed by atoms with Crippen LogP contribution in [-0.4, -0.2) is 26.2 Å². The zero-order valence-corrected chi connectivity index (χ0v) is 14.7. The van der Waals surface area contributed by atoms with Gasteiger partial charge in [-0.1, -0.05) is 12.1 Å². The maximum Gasteiger partial charge on any atom is 0.265 e. The molecule has 0 aliphatic heterocycles. The molecule has 2 aromatic carbocycles. The summed E-state index contributed by atoms with van der Waals surface area (Å²) in [5.41, 5.74) is 0.527. The third-order valence-corrected chi connectivity index (χ3v) is 3.83. The standard InChI is InChI=1S/C17H18BrNO4/c1-11(23-15-7-5-4-6-13(15)18)17(20)19-14-10-12(21-2)8-9-16(14)22-3/h4-11H,1-3H3,(H,19,20). The van der Waals surface area contributed by atoms with Gasteiger partial charge in [0, 0.05) is 6.07 Å². The number of hydrogen-bond acceptors (Lipinski definition) is 4. The number of carbonyl (C=O) groups excluding carboxylic acids is 1. The largest absolute Gasteiger partial charge is 0.497 e. The molecule has 0 fully saturated rings. The average Bonchev–Trinajstić information content (AvgIpc) is 2.56. The Kier molecular flexibility index (Phi) is 5.87. The van der Waals surface area contributed by atoms with Crippen molar-refractivity contribution in [3.63, 3.8) is 0 Å². The molecule has 0 spiro atoms. The first-order valence-electron chi connectivity index (χ1n) is 6.99. The molecule has 1 unspecified atom stereocenters. The van der Waals surface area contributed by atoms with Crippen molar-refractivity contribution in [1.29, 1.82) is 0 Å². The molecule has 1 atom stereocenters. The van der Waals surface area contributed by atoms with Gasteiger partial charge in [-0.2, -0.15) is 0 Å². The highest BCUT2D eigenvalue weighted by Crippen LogP contribution is 2.29. The Balaban J connectivity index is 2.10. The number of para-hydroxylation sites is 1. The molecule has 0 saturated carbocycles. The minimum absolute atomic E-state index is 0.285. The number of rotatable bonds is 6. The Labute approximate surface area is 143 Å². The predicted molar refractivity (Wildman–Crippen MR) is 92.4 cm³/mol. The van der Waals surface area contributed by atoms with E-state index in [0.717, 1.165) is 4.47 Å². The quantitative estimate of drug-likeness (QED) is 0.827. The third kappa shape index (κ3) is 4.39. The van der Waals surface area contributed by atoms with Crippen LogP contribution in [-0.2, 0) is 4.79 Å². The summed E-state index contributed by atoms with van der Waals surface area (Å²) in [6.07, 6.45) is -0.676. The summed E-state index contributed by atoms with van der Waals surface area (Å²) in [6, 6.07) is 12.6. The van der Waals surface area contributed by atoms with E-state index in [1.54, 1.807) is 45.4 Å². The minimum Gasteiger partial charge on any atom is -0.497 e. The Bertz CT molecular complexity index is 690. The molecule has 6 heteroatoms. The predicted octanol–water partition coefficient (Wildman–Crippen LogP) is 3.87. The molecule has 2 rings (SSSR count). The maximum atomic E-state index is 12.3. The van der Waals surface area contributed by atoms with E-state index in [1.807, 2.05) is 18.2 Å². The molecule has 122 valence electrons. The van der Waals surface area contributed by atoms with Crippen molar-refractivity contribution in [2.75, 3.05) is 19.5 Å². The fourth-order valence-electron chi connectivity index (χ4n) is 1.93. The zero-order valence-electron chi connectivity index (χ0n) is 13.1. The molecule has 0 radical (unpaired) electrons. The van der Waals surface area contributed by atoms with Crippen LogP contribution in [0.3, 0.4) is 0 Å². The number of benzene rings is 2. The second-order valence-electron chi connectivity index (χ2n) is 4.75. The average molecular weight is 380 g/mol. The van der Waals surface area contributed by atoms with Crippen molar-refractivity contribution in [2.24, 2.45) is 0 Å². The summed E-state index contributed by atoms with van der Waals surface area (Å²) >= 11 is 3.39. The van der Waals surface area contributed by atoms with E-state index in [4.69, 9.17) is 14.2 Å². The lowest BCUT2D eigenvalue weighted by molar-refractivity contribution is -0.122. The van der Waals surface area contributed by atoms with Gasteiger partial charge in [-0.05, 0) is 47.1 Å². The van der Waals surface area contributed by atoms with Crippen LogP contribution in [0.1, 0.15) is 6.92 Å². The van der Waals surface area contributed by atoms with Gasteiger partial charge in [0.05, 0.1) is 24.4 Å². The molecule has 1 amide bonds. The second-order valence-corrected chi connectivity index (χ2v) is 5.60. The van der Waals surface area contributed by atoms with Gasteiger partial charge in [0.1, 0.15) is 17.2 Å². The first-order chi connectivity index (χ1) is 11.0. The fourth-order valence-corrected chi connectivity index (χ4v) is 2.31. The summed E-state index contributed by atoms with van der Waals surface area (Å²) in [4.78, 5) is 12.3. The number of anilines is 1. The zero-order chi connectivity index (χ0) is 16.8. The Morgan fingerprint density at radius 1 is 1.09 bits per heavy atom. The smallest absolute Gasteiger partial charge is 0.265 e. The number of carbonyl (C=O) groups is 1. The van der Waals surface area contributed by atoms with E-state index in [1.165, 1.54) is 0 Å². The first-order valence-corrected chi connectivity index (χ1v) is 7.78. The van der Waals surface area contributed by atoms with Crippen molar-refractivity contribution < 1.29 is 19.0 Å². The molecule has 1 N–H and O–H groups in total. The van der Waals surface area contributed by atoms with Crippen molar-refractivity contribution in [1.82, 2.24) is 0 Å². The summed E-state index contributed by atoms with van der Waals surface area (Å²) in [5.74, 6) is 1.49. The molecular weight excluding hydrogens is 362 g/mol. The van der Waals surface area contributed by atoms with Gasteiger partial charge in [-0.25, -0.2) is 0 Å². The minimum atomic E-state index is -0.676. The summed E-state index contributed by atoms with van der Waals surface area (Å²) in [6.45, 7) is 1.68. The molecule has 0 heterocycles. The number of hydrogen-bond donors (Lipinski definition) is 1. The van der Waals surface area contributed by atoms with E-state index >= 15 is 0 Å². The Morgan fingerprint density at radius 3 is 2.48 bits per heavy atom. The highest BCUT2D eigenvalue weighted by molar-refractivity contribution is 9.10. The van der Waals surface area contributed by atoms with Gasteiger partial charge in [0.15, 0.2) is 6.10 Å². The van der Waals surface area contributed by atoms with Crippen LogP contribution in [0.25, 0.3) is 0 Å². The Morgan fingerprint density at radius 2 is 1.83 bits per heavy atom. The van der Waals surface area contributed by atoms with Gasteiger partial charge in [-0.3, -0.25) is 4.79 Å². The molecule has 0 aromatic heterocycles. The van der Waals surface area contributed by atoms with Crippen LogP contribution in [0, 0.1) is 0 Å². The highest BCUT2D eigenvalue weighted by atomic mass is 79.9. The molecule has 5 nitrogen and oxygen atoms in total. The monoisotopic (exact) mass is 379 g/mol. The molecule has 23 heavy (non-hydrogen) atoms. The van der Waals surface area contributed by atoms with Crippen molar-refractivity contribution in [3.8, 4) is 17.2 Å². The Hall–Kier alpha value is -2.21. The van der Waals surface area contributed by atoms with Crippen LogP contribution in [0.15, 0.2) is 46.9 Å². The molecule has 2 aromatic rings. The molecular formula is C17H18BrNO4. The first kappa shape index (κ1) is 17.1. The molecule has 0 bridgehead atoms. The summed E-state index contributed by atoms with van der Waals surface area (Å²) < 4.78 is 16.9. The van der Waals surface area contributed by atoms with Gasteiger partial charge in [-0.15, -0.1) is 0 Å². The van der Waals surface area contributed by atoms with Crippen LogP contribution in [0.5, 0.6) is 17.2 Å². The number of nitrogens with one attached hydrogen (secondary N) is 1. The summed E-state index contributed by atoms with van der Waals surface area (Å²) in [5, 5.41) is 2.79. The van der Waals surface area contributed by atoms with Crippen LogP contribution in [0.2, 0.25) is 0 Å². The SMILES string of the molecule is COc1ccc(OC)c(NC(=O)C(C)Oc2ccccc2Br)c1. The highest BCUT2D eigenvalue weighted by Gasteiger charge is 2.18. The van der Waals surface area contributed by atoms with E-state index in [9.17, 15) is 4.79 Å². The number of ether oxygens (including phenoxy) is 3. The molecule has 0 aliphatic carbocycles. The maximum absolute atomic E-state index is 12.3. The van der Waals surface area contributed by atoms with Gasteiger partial charge in [0.2, 0.25) is 0 Å². The lowest BCUT2D eigenvalue weighted by atomic mass is 10.2. The molecule has 0 saturated heterocycles. The van der Waals surface area contributed by atoms with Gasteiger partial charge in [0.25, 0.3) is 5.91 Å². The number of halogens is 1. The third-order valence-electron chi connectivity index (χ3n) is 3.17. The van der Waals surface area contributed by atoms with Crippen molar-refractivity contribution >= 4 is 27.5 Å². The summed E-state index contributed by atoms with van der Waals surface area (Å²) in [7, 11) is 3.10. The van der Waals surface area contributed by atoms with Gasteiger partial charge < -0.3 is 19.5 Å². The molecule has 0 aliphatic rings. The van der Waals surface area contributed by atoms with Crippen LogP contribution < -0.4 is 19.5 Å². The topological polar surface area (TPSA) is 56.8 Å². The lowest BCUT2D eigenvalue weighted by Gasteiger charge is -2.17. The van der Waals surface area contributed by atoms with Crippen molar-refractivity contribution in [2.45, 2.75) is 13.0 Å². The second kappa shape index (κ2) is 7.87. The van der Waals surface area contributed by atoms with Crippen molar-refractivity contribution in [3.05, 3.63) is 46.9 Å². The number of methoxy groups -OCH3 is 2. The van der Waals surface area contributed by atoms with E-state index in [0.29, 0.717) is 22.9 Å².